The molecule has 0 spiro atoms. The van der Waals surface area contributed by atoms with Gasteiger partial charge in [-0.25, -0.2) is 18.0 Å². The maximum absolute atomic E-state index is 13.5. The quantitative estimate of drug-likeness (QED) is 0.897. The number of rotatable bonds is 4. The van der Waals surface area contributed by atoms with Gasteiger partial charge < -0.3 is 10.5 Å². The molecule has 118 valence electrons. The molecule has 0 fully saturated rings. The first-order valence-electron chi connectivity index (χ1n) is 6.39. The van der Waals surface area contributed by atoms with Crippen LogP contribution in [0.1, 0.15) is 26.3 Å². The van der Waals surface area contributed by atoms with E-state index >= 15 is 0 Å². The maximum atomic E-state index is 13.5. The van der Waals surface area contributed by atoms with Gasteiger partial charge in [-0.2, -0.15) is 0 Å². The highest BCUT2D eigenvalue weighted by Crippen LogP contribution is 2.23. The zero-order valence-corrected chi connectivity index (χ0v) is 12.2. The number of halogens is 3. The van der Waals surface area contributed by atoms with Crippen molar-refractivity contribution in [1.82, 2.24) is 0 Å². The summed E-state index contributed by atoms with van der Waals surface area (Å²) in [5.74, 6) is -3.98. The molecule has 4 nitrogen and oxygen atoms in total. The van der Waals surface area contributed by atoms with Gasteiger partial charge in [-0.05, 0) is 44.5 Å². The molecule has 3 N–H and O–H groups in total. The van der Waals surface area contributed by atoms with Gasteiger partial charge in [-0.15, -0.1) is 0 Å². The van der Waals surface area contributed by atoms with E-state index in [1.807, 2.05) is 0 Å². The van der Waals surface area contributed by atoms with Gasteiger partial charge in [0.2, 0.25) is 0 Å². The van der Waals surface area contributed by atoms with Crippen LogP contribution in [0.15, 0.2) is 18.2 Å². The number of hydrogen-bond acceptors (Lipinski definition) is 3. The van der Waals surface area contributed by atoms with Gasteiger partial charge in [0.1, 0.15) is 11.4 Å². The molecule has 0 heterocycles. The second-order valence-electron chi connectivity index (χ2n) is 5.67. The Morgan fingerprint density at radius 2 is 1.95 bits per heavy atom. The lowest BCUT2D eigenvalue weighted by molar-refractivity contribution is 0.0107. The van der Waals surface area contributed by atoms with Gasteiger partial charge in [0.15, 0.2) is 0 Å². The van der Waals surface area contributed by atoms with Crippen molar-refractivity contribution in [3.63, 3.8) is 0 Å². The van der Waals surface area contributed by atoms with Gasteiger partial charge in [0.05, 0.1) is 6.54 Å². The third kappa shape index (κ3) is 6.03. The maximum Gasteiger partial charge on any atom is 0.412 e. The number of amides is 1. The van der Waals surface area contributed by atoms with E-state index in [4.69, 9.17) is 10.5 Å². The Kier molecular flexibility index (Phi) is 5.22. The van der Waals surface area contributed by atoms with Crippen LogP contribution < -0.4 is 11.1 Å². The molecule has 1 aromatic carbocycles. The Labute approximate surface area is 121 Å². The van der Waals surface area contributed by atoms with Crippen LogP contribution in [0.2, 0.25) is 0 Å². The molecular weight excluding hydrogens is 285 g/mol. The minimum atomic E-state index is -3.20. The molecule has 0 aliphatic rings. The van der Waals surface area contributed by atoms with E-state index in [-0.39, 0.29) is 11.3 Å². The summed E-state index contributed by atoms with van der Waals surface area (Å²) < 4.78 is 45.0. The number of ether oxygens (including phenoxy) is 1. The summed E-state index contributed by atoms with van der Waals surface area (Å²) in [7, 11) is 0. The number of anilines is 1. The number of nitrogens with two attached hydrogens (primary N) is 1. The Morgan fingerprint density at radius 1 is 1.33 bits per heavy atom. The molecule has 1 aromatic rings. The van der Waals surface area contributed by atoms with Crippen molar-refractivity contribution in [3.05, 3.63) is 29.6 Å². The van der Waals surface area contributed by atoms with Crippen LogP contribution in [0.4, 0.5) is 23.7 Å². The molecule has 0 atom stereocenters. The third-order valence-electron chi connectivity index (χ3n) is 2.44. The Balaban J connectivity index is 2.85. The number of carbonyl (C=O) groups is 1. The van der Waals surface area contributed by atoms with Crippen molar-refractivity contribution in [3.8, 4) is 0 Å². The van der Waals surface area contributed by atoms with Crippen LogP contribution in [0.3, 0.4) is 0 Å². The number of carbonyl (C=O) groups excluding carboxylic acids is 1. The molecule has 0 radical (unpaired) electrons. The van der Waals surface area contributed by atoms with Crippen molar-refractivity contribution in [1.29, 1.82) is 0 Å². The van der Waals surface area contributed by atoms with E-state index in [2.05, 4.69) is 5.32 Å². The number of alkyl halides is 2. The van der Waals surface area contributed by atoms with E-state index in [1.165, 1.54) is 6.07 Å². The minimum absolute atomic E-state index is 0.175. The average Bonchev–Trinajstić information content (AvgIpc) is 2.30. The zero-order valence-electron chi connectivity index (χ0n) is 12.2. The number of benzene rings is 1. The Hall–Kier alpha value is -1.76. The van der Waals surface area contributed by atoms with E-state index in [1.54, 1.807) is 20.8 Å². The molecule has 0 saturated carbocycles. The summed E-state index contributed by atoms with van der Waals surface area (Å²) in [4.78, 5) is 11.6. The second-order valence-corrected chi connectivity index (χ2v) is 5.67. The second kappa shape index (κ2) is 6.34. The van der Waals surface area contributed by atoms with Crippen molar-refractivity contribution in [2.45, 2.75) is 38.7 Å². The monoisotopic (exact) mass is 304 g/mol. The van der Waals surface area contributed by atoms with Crippen LogP contribution in [0, 0.1) is 5.82 Å². The van der Waals surface area contributed by atoms with Crippen molar-refractivity contribution < 1.29 is 22.7 Å². The standard InChI is InChI=1S/C14H19F3N2O2/c1-13(2,3)21-12(20)19-10-4-5-11(15)9(6-10)7-14(16,17)8-18/h4-6H,7-8,18H2,1-3H3,(H,19,20). The summed E-state index contributed by atoms with van der Waals surface area (Å²) in [5.41, 5.74) is 4.19. The van der Waals surface area contributed by atoms with Crippen LogP contribution in [0.5, 0.6) is 0 Å². The lowest BCUT2D eigenvalue weighted by Gasteiger charge is -2.20. The smallest absolute Gasteiger partial charge is 0.412 e. The molecule has 7 heteroatoms. The highest BCUT2D eigenvalue weighted by molar-refractivity contribution is 5.84. The number of hydrogen-bond donors (Lipinski definition) is 2. The largest absolute Gasteiger partial charge is 0.444 e. The molecule has 0 aliphatic heterocycles. The first kappa shape index (κ1) is 17.3. The molecule has 1 amide bonds. The predicted molar refractivity (Wildman–Crippen MR) is 74.0 cm³/mol. The van der Waals surface area contributed by atoms with Gasteiger partial charge in [-0.3, -0.25) is 5.32 Å². The van der Waals surface area contributed by atoms with Gasteiger partial charge in [-0.1, -0.05) is 0 Å². The first-order chi connectivity index (χ1) is 9.52. The van der Waals surface area contributed by atoms with Crippen LogP contribution in [0.25, 0.3) is 0 Å². The van der Waals surface area contributed by atoms with E-state index in [0.717, 1.165) is 12.1 Å². The van der Waals surface area contributed by atoms with Crippen LogP contribution in [-0.4, -0.2) is 24.2 Å². The topological polar surface area (TPSA) is 64.3 Å². The van der Waals surface area contributed by atoms with Gasteiger partial charge in [0.25, 0.3) is 5.92 Å². The fraction of sp³-hybridized carbons (Fsp3) is 0.500. The summed E-state index contributed by atoms with van der Waals surface area (Å²) in [6, 6.07) is 3.42. The fourth-order valence-electron chi connectivity index (χ4n) is 1.56. The van der Waals surface area contributed by atoms with E-state index < -0.39 is 36.4 Å². The van der Waals surface area contributed by atoms with E-state index in [9.17, 15) is 18.0 Å². The van der Waals surface area contributed by atoms with Gasteiger partial charge in [0, 0.05) is 12.1 Å². The van der Waals surface area contributed by atoms with Crippen LogP contribution >= 0.6 is 0 Å². The van der Waals surface area contributed by atoms with Crippen molar-refractivity contribution in [2.75, 3.05) is 11.9 Å². The highest BCUT2D eigenvalue weighted by Gasteiger charge is 2.28. The lowest BCUT2D eigenvalue weighted by atomic mass is 10.1. The van der Waals surface area contributed by atoms with Gasteiger partial charge >= 0.3 is 6.09 Å². The van der Waals surface area contributed by atoms with Crippen LogP contribution in [-0.2, 0) is 11.2 Å². The molecule has 0 aromatic heterocycles. The van der Waals surface area contributed by atoms with Crippen molar-refractivity contribution in [2.24, 2.45) is 5.73 Å². The summed E-state index contributed by atoms with van der Waals surface area (Å²) in [5, 5.41) is 2.37. The SMILES string of the molecule is CC(C)(C)OC(=O)Nc1ccc(F)c(CC(F)(F)CN)c1. The molecule has 0 unspecified atom stereocenters. The summed E-state index contributed by atoms with van der Waals surface area (Å²) >= 11 is 0. The minimum Gasteiger partial charge on any atom is -0.444 e. The molecule has 0 bridgehead atoms. The Morgan fingerprint density at radius 3 is 2.48 bits per heavy atom. The molecular formula is C14H19F3N2O2. The third-order valence-corrected chi connectivity index (χ3v) is 2.44. The molecule has 21 heavy (non-hydrogen) atoms. The lowest BCUT2D eigenvalue weighted by Crippen LogP contribution is -2.30. The van der Waals surface area contributed by atoms with E-state index in [0.29, 0.717) is 0 Å². The molecule has 0 aliphatic carbocycles. The fourth-order valence-corrected chi connectivity index (χ4v) is 1.56. The normalized spacial score (nSPS) is 12.1. The predicted octanol–water partition coefficient (Wildman–Crippen LogP) is 3.31. The summed E-state index contributed by atoms with van der Waals surface area (Å²) in [6.45, 7) is 4.18. The average molecular weight is 304 g/mol. The Bertz CT molecular complexity index is 513. The first-order valence-corrected chi connectivity index (χ1v) is 6.39. The zero-order chi connectivity index (χ0) is 16.3. The number of nitrogens with one attached hydrogen (secondary N) is 1. The molecule has 1 rings (SSSR count). The highest BCUT2D eigenvalue weighted by atomic mass is 19.3. The molecule has 0 saturated heterocycles. The van der Waals surface area contributed by atoms with Crippen molar-refractivity contribution >= 4 is 11.8 Å². The summed E-state index contributed by atoms with van der Waals surface area (Å²) in [6.07, 6.45) is -1.58.